The molecule has 0 amide bonds. The minimum absolute atomic E-state index is 0.315. The number of nitrogens with one attached hydrogen (secondary N) is 1. The van der Waals surface area contributed by atoms with Crippen molar-refractivity contribution in [2.24, 2.45) is 5.92 Å². The summed E-state index contributed by atoms with van der Waals surface area (Å²) < 4.78 is 7.18. The van der Waals surface area contributed by atoms with Crippen molar-refractivity contribution >= 4 is 11.0 Å². The van der Waals surface area contributed by atoms with Gasteiger partial charge in [0.05, 0.1) is 30.6 Å². The Morgan fingerprint density at radius 1 is 1.35 bits per heavy atom. The summed E-state index contributed by atoms with van der Waals surface area (Å²) in [4.78, 5) is 12.0. The number of aromatic nitrogens is 5. The summed E-state index contributed by atoms with van der Waals surface area (Å²) >= 11 is 0. The summed E-state index contributed by atoms with van der Waals surface area (Å²) in [6.07, 6.45) is 12.4. The van der Waals surface area contributed by atoms with Crippen LogP contribution in [-0.4, -0.2) is 31.8 Å². The van der Waals surface area contributed by atoms with E-state index in [1.165, 1.54) is 12.8 Å². The second-order valence-corrected chi connectivity index (χ2v) is 6.95. The van der Waals surface area contributed by atoms with Crippen LogP contribution in [0.2, 0.25) is 0 Å². The molecule has 7 nitrogen and oxygen atoms in total. The number of hydrogen-bond donors (Lipinski definition) is 1. The van der Waals surface area contributed by atoms with Gasteiger partial charge in [-0.1, -0.05) is 12.8 Å². The van der Waals surface area contributed by atoms with Crippen LogP contribution >= 0.6 is 0 Å². The number of nitrogens with zero attached hydrogens (tertiary/aromatic N) is 5. The number of rotatable bonds is 4. The lowest BCUT2D eigenvalue weighted by Gasteiger charge is -2.24. The SMILES string of the molecule is COc1nc(-c2cnn(C3(C4CCCC4)C=C3C#N)c2)c2cc[nH]c2n1. The Morgan fingerprint density at radius 2 is 2.19 bits per heavy atom. The van der Waals surface area contributed by atoms with Crippen molar-refractivity contribution in [2.45, 2.75) is 31.2 Å². The van der Waals surface area contributed by atoms with Gasteiger partial charge >= 0.3 is 6.01 Å². The molecule has 0 spiro atoms. The summed E-state index contributed by atoms with van der Waals surface area (Å²) in [7, 11) is 1.56. The highest BCUT2D eigenvalue weighted by atomic mass is 16.5. The second-order valence-electron chi connectivity index (χ2n) is 6.95. The van der Waals surface area contributed by atoms with Gasteiger partial charge in [-0.3, -0.25) is 4.68 Å². The zero-order valence-corrected chi connectivity index (χ0v) is 14.4. The molecule has 1 fully saturated rings. The maximum Gasteiger partial charge on any atom is 0.318 e. The van der Waals surface area contributed by atoms with Crippen molar-refractivity contribution in [3.8, 4) is 23.3 Å². The van der Waals surface area contributed by atoms with Crippen LogP contribution in [-0.2, 0) is 5.54 Å². The number of allylic oxidation sites excluding steroid dienone is 2. The molecule has 130 valence electrons. The summed E-state index contributed by atoms with van der Waals surface area (Å²) in [5.74, 6) is 0.456. The molecule has 0 radical (unpaired) electrons. The minimum atomic E-state index is -0.335. The van der Waals surface area contributed by atoms with Crippen LogP contribution in [0.1, 0.15) is 25.7 Å². The highest BCUT2D eigenvalue weighted by Crippen LogP contribution is 2.53. The topological polar surface area (TPSA) is 92.4 Å². The lowest BCUT2D eigenvalue weighted by molar-refractivity contribution is 0.312. The van der Waals surface area contributed by atoms with Crippen LogP contribution in [0.25, 0.3) is 22.3 Å². The van der Waals surface area contributed by atoms with Crippen molar-refractivity contribution < 1.29 is 4.74 Å². The molecule has 3 aromatic rings. The maximum absolute atomic E-state index is 9.47. The lowest BCUT2D eigenvalue weighted by atomic mass is 9.91. The second kappa shape index (κ2) is 5.43. The molecule has 3 heterocycles. The molecule has 26 heavy (non-hydrogen) atoms. The Balaban J connectivity index is 1.59. The van der Waals surface area contributed by atoms with Crippen LogP contribution in [0.5, 0.6) is 6.01 Å². The van der Waals surface area contributed by atoms with Crippen LogP contribution in [0, 0.1) is 17.2 Å². The van der Waals surface area contributed by atoms with E-state index in [2.05, 4.69) is 32.2 Å². The zero-order chi connectivity index (χ0) is 17.7. The summed E-state index contributed by atoms with van der Waals surface area (Å²) in [5.41, 5.74) is 2.89. The first-order chi connectivity index (χ1) is 12.8. The smallest absolute Gasteiger partial charge is 0.318 e. The number of fused-ring (bicyclic) bond motifs is 1. The molecule has 1 unspecified atom stereocenters. The fourth-order valence-electron chi connectivity index (χ4n) is 4.27. The Hall–Kier alpha value is -3.14. The Bertz CT molecular complexity index is 1070. The maximum atomic E-state index is 9.47. The molecule has 7 heteroatoms. The summed E-state index contributed by atoms with van der Waals surface area (Å²) in [6.45, 7) is 0. The van der Waals surface area contributed by atoms with Gasteiger partial charge in [-0.05, 0) is 30.9 Å². The predicted octanol–water partition coefficient (Wildman–Crippen LogP) is 3.18. The normalized spacial score (nSPS) is 22.4. The lowest BCUT2D eigenvalue weighted by Crippen LogP contribution is -2.29. The number of hydrogen-bond acceptors (Lipinski definition) is 5. The summed E-state index contributed by atoms with van der Waals surface area (Å²) in [6, 6.07) is 4.61. The molecule has 0 aromatic carbocycles. The minimum Gasteiger partial charge on any atom is -0.467 e. The molecule has 3 aromatic heterocycles. The number of nitriles is 1. The van der Waals surface area contributed by atoms with Gasteiger partial charge in [-0.25, -0.2) is 0 Å². The Morgan fingerprint density at radius 3 is 2.92 bits per heavy atom. The standard InChI is InChI=1S/C19H18N6O/c1-26-18-23-16(15-6-7-21-17(15)24-18)12-10-22-25(11-12)19(8-14(19)9-20)13-4-2-3-5-13/h6-8,10-11,13H,2-5H2,1H3,(H,21,23,24). The predicted molar refractivity (Wildman–Crippen MR) is 95.3 cm³/mol. The van der Waals surface area contributed by atoms with E-state index in [9.17, 15) is 5.26 Å². The number of ether oxygens (including phenoxy) is 1. The van der Waals surface area contributed by atoms with Gasteiger partial charge in [0.2, 0.25) is 0 Å². The first-order valence-electron chi connectivity index (χ1n) is 8.84. The van der Waals surface area contributed by atoms with Gasteiger partial charge < -0.3 is 9.72 Å². The molecule has 0 aliphatic heterocycles. The molecule has 0 bridgehead atoms. The van der Waals surface area contributed by atoms with Crippen molar-refractivity contribution in [1.29, 1.82) is 5.26 Å². The molecule has 1 N–H and O–H groups in total. The monoisotopic (exact) mass is 346 g/mol. The molecule has 1 atom stereocenters. The van der Waals surface area contributed by atoms with E-state index in [1.54, 1.807) is 7.11 Å². The van der Waals surface area contributed by atoms with Gasteiger partial charge in [0.15, 0.2) is 0 Å². The van der Waals surface area contributed by atoms with E-state index >= 15 is 0 Å². The third-order valence-corrected chi connectivity index (χ3v) is 5.62. The fourth-order valence-corrected chi connectivity index (χ4v) is 4.27. The van der Waals surface area contributed by atoms with Gasteiger partial charge in [-0.2, -0.15) is 20.3 Å². The van der Waals surface area contributed by atoms with Crippen LogP contribution in [0.3, 0.4) is 0 Å². The van der Waals surface area contributed by atoms with Crippen molar-refractivity contribution in [1.82, 2.24) is 24.7 Å². The molecule has 5 rings (SSSR count). The first-order valence-corrected chi connectivity index (χ1v) is 8.84. The number of aromatic amines is 1. The number of methoxy groups -OCH3 is 1. The highest BCUT2D eigenvalue weighted by Gasteiger charge is 2.53. The molecule has 2 aliphatic carbocycles. The van der Waals surface area contributed by atoms with Crippen molar-refractivity contribution in [3.63, 3.8) is 0 Å². The fraction of sp³-hybridized carbons (Fsp3) is 0.368. The van der Waals surface area contributed by atoms with Gasteiger partial charge in [0.25, 0.3) is 0 Å². The van der Waals surface area contributed by atoms with Gasteiger partial charge in [0.1, 0.15) is 11.2 Å². The average Bonchev–Trinajstić information content (AvgIpc) is 3.18. The third-order valence-electron chi connectivity index (χ3n) is 5.62. The van der Waals surface area contributed by atoms with Crippen LogP contribution < -0.4 is 4.74 Å². The summed E-state index contributed by atoms with van der Waals surface area (Å²) in [5, 5.41) is 15.0. The van der Waals surface area contributed by atoms with E-state index in [4.69, 9.17) is 4.74 Å². The van der Waals surface area contributed by atoms with E-state index < -0.39 is 0 Å². The van der Waals surface area contributed by atoms with E-state index in [0.29, 0.717) is 11.9 Å². The molecule has 0 saturated heterocycles. The molecule has 2 aliphatic rings. The average molecular weight is 346 g/mol. The highest BCUT2D eigenvalue weighted by molar-refractivity contribution is 5.90. The van der Waals surface area contributed by atoms with Crippen molar-refractivity contribution in [3.05, 3.63) is 36.3 Å². The van der Waals surface area contributed by atoms with Crippen molar-refractivity contribution in [2.75, 3.05) is 7.11 Å². The molecular weight excluding hydrogens is 328 g/mol. The Labute approximate surface area is 150 Å². The van der Waals surface area contributed by atoms with Crippen LogP contribution in [0.4, 0.5) is 0 Å². The quantitative estimate of drug-likeness (QED) is 0.783. The van der Waals surface area contributed by atoms with Crippen LogP contribution in [0.15, 0.2) is 36.3 Å². The first kappa shape index (κ1) is 15.1. The van der Waals surface area contributed by atoms with Gasteiger partial charge in [0, 0.05) is 23.3 Å². The number of H-pyrrole nitrogens is 1. The van der Waals surface area contributed by atoms with Gasteiger partial charge in [-0.15, -0.1) is 0 Å². The largest absolute Gasteiger partial charge is 0.467 e. The molecule has 1 saturated carbocycles. The zero-order valence-electron chi connectivity index (χ0n) is 14.4. The van der Waals surface area contributed by atoms with E-state index in [1.807, 2.05) is 29.3 Å². The Kier molecular flexibility index (Phi) is 3.16. The molecular formula is C19H18N6O. The van der Waals surface area contributed by atoms with E-state index in [-0.39, 0.29) is 5.54 Å². The third kappa shape index (κ3) is 2.02. The van der Waals surface area contributed by atoms with E-state index in [0.717, 1.165) is 40.7 Å².